The van der Waals surface area contributed by atoms with E-state index in [-0.39, 0.29) is 0 Å². The van der Waals surface area contributed by atoms with Crippen molar-refractivity contribution in [1.82, 2.24) is 5.32 Å². The van der Waals surface area contributed by atoms with Crippen molar-refractivity contribution in [1.29, 1.82) is 0 Å². The van der Waals surface area contributed by atoms with E-state index >= 15 is 0 Å². The van der Waals surface area contributed by atoms with Crippen LogP contribution in [0.1, 0.15) is 32.3 Å². The third-order valence-corrected chi connectivity index (χ3v) is 2.58. The third kappa shape index (κ3) is 4.75. The Morgan fingerprint density at radius 3 is 2.83 bits per heavy atom. The molecule has 0 aromatic heterocycles. The van der Waals surface area contributed by atoms with E-state index in [0.717, 1.165) is 25.1 Å². The fourth-order valence-electron chi connectivity index (χ4n) is 1.66. The van der Waals surface area contributed by atoms with Crippen LogP contribution in [0.5, 0.6) is 5.75 Å². The Bertz CT molecular complexity index is 379. The predicted molar refractivity (Wildman–Crippen MR) is 70.8 cm³/mol. The van der Waals surface area contributed by atoms with Crippen molar-refractivity contribution in [2.45, 2.75) is 39.3 Å². The predicted octanol–water partition coefficient (Wildman–Crippen LogP) is 2.43. The molecule has 4 nitrogen and oxygen atoms in total. The van der Waals surface area contributed by atoms with E-state index in [0.29, 0.717) is 12.2 Å². The minimum absolute atomic E-state index is 0.521. The highest BCUT2D eigenvalue weighted by atomic mass is 16.5. The molecular weight excluding hydrogens is 230 g/mol. The number of rotatable bonds is 8. The van der Waals surface area contributed by atoms with E-state index in [9.17, 15) is 4.79 Å². The van der Waals surface area contributed by atoms with Gasteiger partial charge in [0.1, 0.15) is 5.75 Å². The topological polar surface area (TPSA) is 58.6 Å². The maximum atomic E-state index is 11.0. The number of carbonyl (C=O) groups is 1. The molecule has 0 spiro atoms. The lowest BCUT2D eigenvalue weighted by molar-refractivity contribution is -0.145. The Balaban J connectivity index is 2.67. The first-order valence-electron chi connectivity index (χ1n) is 6.36. The third-order valence-electron chi connectivity index (χ3n) is 2.58. The molecule has 0 aliphatic carbocycles. The summed E-state index contributed by atoms with van der Waals surface area (Å²) in [6, 6.07) is 7.55. The zero-order valence-corrected chi connectivity index (χ0v) is 11.0. The first-order chi connectivity index (χ1) is 8.67. The average Bonchev–Trinajstić information content (AvgIpc) is 2.36. The van der Waals surface area contributed by atoms with Crippen LogP contribution in [0.15, 0.2) is 24.3 Å². The molecular formula is C14H21NO3. The smallest absolute Gasteiger partial charge is 0.344 e. The number of aliphatic carboxylic acids is 1. The normalized spacial score (nSPS) is 12.1. The number of carboxylic acid groups (broad SMARTS) is 1. The van der Waals surface area contributed by atoms with Gasteiger partial charge in [-0.05, 0) is 30.7 Å². The molecule has 0 saturated heterocycles. The van der Waals surface area contributed by atoms with E-state index in [4.69, 9.17) is 9.84 Å². The molecule has 18 heavy (non-hydrogen) atoms. The molecule has 4 heteroatoms. The first-order valence-corrected chi connectivity index (χ1v) is 6.36. The van der Waals surface area contributed by atoms with Crippen LogP contribution >= 0.6 is 0 Å². The number of hydrogen-bond donors (Lipinski definition) is 2. The van der Waals surface area contributed by atoms with Crippen molar-refractivity contribution >= 4 is 5.97 Å². The molecule has 1 aromatic rings. The first kappa shape index (κ1) is 14.5. The van der Waals surface area contributed by atoms with Crippen LogP contribution in [0, 0.1) is 0 Å². The summed E-state index contributed by atoms with van der Waals surface area (Å²) in [5, 5.41) is 12.3. The van der Waals surface area contributed by atoms with Crippen LogP contribution < -0.4 is 10.1 Å². The average molecular weight is 251 g/mol. The molecule has 1 atom stereocenters. The van der Waals surface area contributed by atoms with Crippen molar-refractivity contribution in [2.75, 3.05) is 6.54 Å². The summed E-state index contributed by atoms with van der Waals surface area (Å²) in [6.45, 7) is 5.65. The minimum Gasteiger partial charge on any atom is -0.479 e. The molecule has 0 aliphatic heterocycles. The van der Waals surface area contributed by atoms with Gasteiger partial charge in [-0.2, -0.15) is 0 Å². The van der Waals surface area contributed by atoms with E-state index in [1.165, 1.54) is 0 Å². The molecule has 0 amide bonds. The second-order valence-electron chi connectivity index (χ2n) is 4.16. The zero-order valence-electron chi connectivity index (χ0n) is 11.0. The fourth-order valence-corrected chi connectivity index (χ4v) is 1.66. The number of carboxylic acids is 1. The van der Waals surface area contributed by atoms with Gasteiger partial charge in [0.15, 0.2) is 6.10 Å². The molecule has 1 unspecified atom stereocenters. The number of ether oxygens (including phenoxy) is 1. The van der Waals surface area contributed by atoms with E-state index < -0.39 is 12.1 Å². The molecule has 1 aromatic carbocycles. The molecule has 0 radical (unpaired) electrons. The highest BCUT2D eigenvalue weighted by Gasteiger charge is 2.18. The van der Waals surface area contributed by atoms with Gasteiger partial charge < -0.3 is 15.2 Å². The van der Waals surface area contributed by atoms with Gasteiger partial charge in [0.25, 0.3) is 0 Å². The van der Waals surface area contributed by atoms with Crippen molar-refractivity contribution in [3.05, 3.63) is 29.8 Å². The molecule has 100 valence electrons. The van der Waals surface area contributed by atoms with Gasteiger partial charge in [-0.1, -0.05) is 32.4 Å². The van der Waals surface area contributed by atoms with Crippen molar-refractivity contribution in [3.63, 3.8) is 0 Å². The Kier molecular flexibility index (Phi) is 6.22. The minimum atomic E-state index is -0.908. The maximum Gasteiger partial charge on any atom is 0.344 e. The Morgan fingerprint density at radius 1 is 1.44 bits per heavy atom. The van der Waals surface area contributed by atoms with Gasteiger partial charge in [-0.3, -0.25) is 0 Å². The molecule has 0 saturated carbocycles. The molecule has 0 fully saturated rings. The number of hydrogen-bond acceptors (Lipinski definition) is 3. The van der Waals surface area contributed by atoms with Crippen LogP contribution in [0.25, 0.3) is 0 Å². The maximum absolute atomic E-state index is 11.0. The summed E-state index contributed by atoms with van der Waals surface area (Å²) in [7, 11) is 0. The lowest BCUT2D eigenvalue weighted by Gasteiger charge is -2.15. The summed E-state index contributed by atoms with van der Waals surface area (Å²) in [5.41, 5.74) is 1.09. The second-order valence-corrected chi connectivity index (χ2v) is 4.16. The number of nitrogens with one attached hydrogen (secondary N) is 1. The van der Waals surface area contributed by atoms with Crippen molar-refractivity contribution in [3.8, 4) is 5.75 Å². The largest absolute Gasteiger partial charge is 0.479 e. The zero-order chi connectivity index (χ0) is 13.4. The van der Waals surface area contributed by atoms with Crippen LogP contribution in [-0.4, -0.2) is 23.7 Å². The second kappa shape index (κ2) is 7.71. The fraction of sp³-hybridized carbons (Fsp3) is 0.500. The van der Waals surface area contributed by atoms with Crippen LogP contribution in [0.3, 0.4) is 0 Å². The summed E-state index contributed by atoms with van der Waals surface area (Å²) in [5.74, 6) is -0.291. The SMILES string of the molecule is CCCC(Oc1cccc(CNCC)c1)C(=O)O. The lowest BCUT2D eigenvalue weighted by atomic mass is 10.2. The molecule has 0 heterocycles. The molecule has 1 rings (SSSR count). The van der Waals surface area contributed by atoms with Crippen molar-refractivity contribution in [2.24, 2.45) is 0 Å². The van der Waals surface area contributed by atoms with Gasteiger partial charge in [0.05, 0.1) is 0 Å². The highest BCUT2D eigenvalue weighted by Crippen LogP contribution is 2.16. The standard InChI is InChI=1S/C14H21NO3/c1-3-6-13(14(16)17)18-12-8-5-7-11(9-12)10-15-4-2/h5,7-9,13,15H,3-4,6,10H2,1-2H3,(H,16,17). The Morgan fingerprint density at radius 2 is 2.22 bits per heavy atom. The monoisotopic (exact) mass is 251 g/mol. The van der Waals surface area contributed by atoms with Crippen molar-refractivity contribution < 1.29 is 14.6 Å². The lowest BCUT2D eigenvalue weighted by Crippen LogP contribution is -2.26. The van der Waals surface area contributed by atoms with Crippen LogP contribution in [0.2, 0.25) is 0 Å². The summed E-state index contributed by atoms with van der Waals surface area (Å²) in [4.78, 5) is 11.0. The quantitative estimate of drug-likeness (QED) is 0.745. The van der Waals surface area contributed by atoms with E-state index in [2.05, 4.69) is 5.32 Å². The highest BCUT2D eigenvalue weighted by molar-refractivity contribution is 5.72. The summed E-state index contributed by atoms with van der Waals surface area (Å²) in [6.07, 6.45) is 0.547. The van der Waals surface area contributed by atoms with E-state index in [1.54, 1.807) is 6.07 Å². The molecule has 0 bridgehead atoms. The summed E-state index contributed by atoms with van der Waals surface area (Å²) >= 11 is 0. The van der Waals surface area contributed by atoms with Crippen LogP contribution in [-0.2, 0) is 11.3 Å². The van der Waals surface area contributed by atoms with Gasteiger partial charge in [0, 0.05) is 6.54 Å². The van der Waals surface area contributed by atoms with Crippen LogP contribution in [0.4, 0.5) is 0 Å². The Labute approximate surface area is 108 Å². The number of benzene rings is 1. The molecule has 2 N–H and O–H groups in total. The van der Waals surface area contributed by atoms with Gasteiger partial charge in [-0.15, -0.1) is 0 Å². The van der Waals surface area contributed by atoms with Gasteiger partial charge in [0.2, 0.25) is 0 Å². The van der Waals surface area contributed by atoms with E-state index in [1.807, 2.05) is 32.0 Å². The summed E-state index contributed by atoms with van der Waals surface area (Å²) < 4.78 is 5.51. The van der Waals surface area contributed by atoms with Gasteiger partial charge in [-0.25, -0.2) is 4.79 Å². The Hall–Kier alpha value is -1.55. The van der Waals surface area contributed by atoms with Gasteiger partial charge >= 0.3 is 5.97 Å². The molecule has 0 aliphatic rings.